The fourth-order valence-electron chi connectivity index (χ4n) is 4.24. The van der Waals surface area contributed by atoms with Gasteiger partial charge < -0.3 is 40.2 Å². The maximum absolute atomic E-state index is 13.6. The zero-order valence-corrected chi connectivity index (χ0v) is 24.5. The second-order valence-electron chi connectivity index (χ2n) is 8.97. The van der Waals surface area contributed by atoms with Crippen molar-refractivity contribution in [1.29, 1.82) is 0 Å². The fourth-order valence-corrected chi connectivity index (χ4v) is 4.24. The minimum Gasteiger partial charge on any atom is -0.466 e. The van der Waals surface area contributed by atoms with Gasteiger partial charge in [-0.05, 0) is 12.1 Å². The first kappa shape index (κ1) is 32.8. The molecule has 14 heteroatoms. The van der Waals surface area contributed by atoms with Crippen LogP contribution in [-0.2, 0) is 38.1 Å². The van der Waals surface area contributed by atoms with Crippen LogP contribution in [-0.4, -0.2) is 90.1 Å². The first-order valence-corrected chi connectivity index (χ1v) is 13.2. The second-order valence-corrected chi connectivity index (χ2v) is 8.97. The Kier molecular flexibility index (Phi) is 11.6. The largest absolute Gasteiger partial charge is 0.466 e. The number of carbonyl (C=O) groups excluding carboxylic acids is 6. The molecule has 0 atom stereocenters. The molecule has 1 aliphatic rings. The van der Waals surface area contributed by atoms with Gasteiger partial charge >= 0.3 is 23.9 Å². The number of ether oxygens (including phenoxy) is 4. The lowest BCUT2D eigenvalue weighted by atomic mass is 9.82. The third-order valence-electron chi connectivity index (χ3n) is 6.32. The number of benzene rings is 2. The van der Waals surface area contributed by atoms with Crippen LogP contribution in [0.1, 0.15) is 31.8 Å². The topological polar surface area (TPSA) is 187 Å². The van der Waals surface area contributed by atoms with Gasteiger partial charge in [0.2, 0.25) is 0 Å². The quantitative estimate of drug-likeness (QED) is 0.0876. The normalized spacial score (nSPS) is 12.3. The average Bonchev–Trinajstić information content (AvgIpc) is 3.05. The Labute approximate surface area is 252 Å². The van der Waals surface area contributed by atoms with Gasteiger partial charge in [-0.2, -0.15) is 0 Å². The van der Waals surface area contributed by atoms with Crippen LogP contribution >= 0.6 is 0 Å². The number of hydrogen-bond donors (Lipinski definition) is 4. The summed E-state index contributed by atoms with van der Waals surface area (Å²) in [5.74, 6) is -3.75. The van der Waals surface area contributed by atoms with Gasteiger partial charge in [0.15, 0.2) is 11.6 Å². The molecule has 0 amide bonds. The second kappa shape index (κ2) is 15.5. The lowest BCUT2D eigenvalue weighted by Crippen LogP contribution is -2.30. The van der Waals surface area contributed by atoms with E-state index in [0.717, 1.165) is 12.2 Å². The molecular formula is C30H32N4O10. The van der Waals surface area contributed by atoms with E-state index in [0.29, 0.717) is 11.4 Å². The third-order valence-corrected chi connectivity index (χ3v) is 6.32. The Morgan fingerprint density at radius 3 is 1.32 bits per heavy atom. The van der Waals surface area contributed by atoms with E-state index in [9.17, 15) is 28.8 Å². The van der Waals surface area contributed by atoms with Crippen molar-refractivity contribution in [2.24, 2.45) is 0 Å². The van der Waals surface area contributed by atoms with E-state index in [1.54, 1.807) is 36.4 Å². The molecule has 14 nitrogen and oxygen atoms in total. The summed E-state index contributed by atoms with van der Waals surface area (Å²) in [5.41, 5.74) is 1.36. The first-order valence-electron chi connectivity index (χ1n) is 13.2. The van der Waals surface area contributed by atoms with E-state index < -0.39 is 23.9 Å². The number of methoxy groups -OCH3 is 4. The zero-order chi connectivity index (χ0) is 32.2. The van der Waals surface area contributed by atoms with Crippen molar-refractivity contribution in [2.75, 3.05) is 65.3 Å². The Bertz CT molecular complexity index is 1420. The number of anilines is 2. The van der Waals surface area contributed by atoms with Crippen LogP contribution in [0.25, 0.3) is 0 Å². The number of nitrogens with one attached hydrogen (secondary N) is 4. The van der Waals surface area contributed by atoms with Gasteiger partial charge in [-0.15, -0.1) is 0 Å². The molecule has 232 valence electrons. The zero-order valence-electron chi connectivity index (χ0n) is 24.5. The molecule has 0 saturated heterocycles. The molecule has 1 aliphatic carbocycles. The highest BCUT2D eigenvalue weighted by atomic mass is 16.5. The Balaban J connectivity index is 1.82. The molecule has 4 N–H and O–H groups in total. The summed E-state index contributed by atoms with van der Waals surface area (Å²) in [7, 11) is 4.68. The summed E-state index contributed by atoms with van der Waals surface area (Å²) in [6.07, 6.45) is 1.92. The van der Waals surface area contributed by atoms with E-state index in [1.807, 2.05) is 0 Å². The molecule has 0 aromatic heterocycles. The third kappa shape index (κ3) is 7.79. The average molecular weight is 609 g/mol. The van der Waals surface area contributed by atoms with Crippen molar-refractivity contribution in [3.8, 4) is 0 Å². The minimum absolute atomic E-state index is 0.117. The van der Waals surface area contributed by atoms with Crippen LogP contribution < -0.4 is 21.3 Å². The standard InChI is InChI=1S/C30H32N4O10/c1-41-23(35)15-21(29(39)43-3)33-13-11-31-19-9-10-20(32-12-14-34-22(30(40)44-4)16-24(36)42-2)26-25(19)27(37)17-7-5-6-8-18(17)28(26)38/h5-10,15-16,31-34H,11-14H2,1-4H3/b21-15+,22-16+. The van der Waals surface area contributed by atoms with E-state index in [4.69, 9.17) is 0 Å². The number of carbonyl (C=O) groups is 6. The van der Waals surface area contributed by atoms with Gasteiger partial charge in [-0.25, -0.2) is 19.2 Å². The smallest absolute Gasteiger partial charge is 0.354 e. The van der Waals surface area contributed by atoms with Gasteiger partial charge in [-0.1, -0.05) is 24.3 Å². The molecule has 0 saturated carbocycles. The molecule has 0 heterocycles. The van der Waals surface area contributed by atoms with Crippen LogP contribution in [0.2, 0.25) is 0 Å². The van der Waals surface area contributed by atoms with Gasteiger partial charge in [0.05, 0.1) is 51.7 Å². The highest BCUT2D eigenvalue weighted by Gasteiger charge is 2.33. The van der Waals surface area contributed by atoms with Crippen LogP contribution in [0.3, 0.4) is 0 Å². The van der Waals surface area contributed by atoms with E-state index in [1.165, 1.54) is 28.4 Å². The van der Waals surface area contributed by atoms with E-state index in [-0.39, 0.29) is 71.4 Å². The van der Waals surface area contributed by atoms with Crippen LogP contribution in [0.5, 0.6) is 0 Å². The molecular weight excluding hydrogens is 576 g/mol. The predicted octanol–water partition coefficient (Wildman–Crippen LogP) is 0.925. The van der Waals surface area contributed by atoms with Gasteiger partial charge in [-0.3, -0.25) is 9.59 Å². The molecule has 0 radical (unpaired) electrons. The first-order chi connectivity index (χ1) is 21.2. The molecule has 2 aromatic rings. The monoisotopic (exact) mass is 608 g/mol. The summed E-state index contributed by atoms with van der Waals surface area (Å²) in [5, 5.41) is 11.8. The van der Waals surface area contributed by atoms with E-state index in [2.05, 4.69) is 40.2 Å². The summed E-state index contributed by atoms with van der Waals surface area (Å²) in [6, 6.07) is 9.77. The number of hydrogen-bond acceptors (Lipinski definition) is 14. The van der Waals surface area contributed by atoms with Crippen molar-refractivity contribution in [3.05, 3.63) is 82.2 Å². The summed E-state index contributed by atoms with van der Waals surface area (Å²) >= 11 is 0. The molecule has 0 unspecified atom stereocenters. The lowest BCUT2D eigenvalue weighted by Gasteiger charge is -2.24. The SMILES string of the molecule is COC(=O)/C=C(/NCCNc1ccc(NCCN/C(=C/C(=O)OC)C(=O)OC)c2c1C(=O)c1ccccc1C2=O)C(=O)OC. The maximum atomic E-state index is 13.6. The molecule has 0 aliphatic heterocycles. The summed E-state index contributed by atoms with van der Waals surface area (Å²) in [4.78, 5) is 74.4. The minimum atomic E-state index is -0.769. The van der Waals surface area contributed by atoms with Crippen molar-refractivity contribution in [3.63, 3.8) is 0 Å². The Morgan fingerprint density at radius 1 is 0.591 bits per heavy atom. The predicted molar refractivity (Wildman–Crippen MR) is 157 cm³/mol. The number of ketones is 2. The summed E-state index contributed by atoms with van der Waals surface area (Å²) < 4.78 is 18.5. The number of esters is 4. The van der Waals surface area contributed by atoms with Crippen molar-refractivity contribution < 1.29 is 47.7 Å². The van der Waals surface area contributed by atoms with Crippen LogP contribution in [0, 0.1) is 0 Å². The highest BCUT2D eigenvalue weighted by Crippen LogP contribution is 2.36. The van der Waals surface area contributed by atoms with Crippen LogP contribution in [0.4, 0.5) is 11.4 Å². The fraction of sp³-hybridized carbons (Fsp3) is 0.267. The maximum Gasteiger partial charge on any atom is 0.354 e. The molecule has 0 spiro atoms. The van der Waals surface area contributed by atoms with E-state index >= 15 is 0 Å². The molecule has 2 aromatic carbocycles. The van der Waals surface area contributed by atoms with Crippen molar-refractivity contribution in [1.82, 2.24) is 10.6 Å². The number of rotatable bonds is 14. The summed E-state index contributed by atoms with van der Waals surface area (Å²) in [6.45, 7) is 0.645. The Morgan fingerprint density at radius 2 is 0.977 bits per heavy atom. The molecule has 3 rings (SSSR count). The van der Waals surface area contributed by atoms with Crippen LogP contribution in [0.15, 0.2) is 59.9 Å². The molecule has 44 heavy (non-hydrogen) atoms. The molecule has 0 bridgehead atoms. The van der Waals surface area contributed by atoms with Gasteiger partial charge in [0.25, 0.3) is 0 Å². The van der Waals surface area contributed by atoms with Crippen molar-refractivity contribution in [2.45, 2.75) is 0 Å². The lowest BCUT2D eigenvalue weighted by molar-refractivity contribution is -0.138. The molecule has 0 fully saturated rings. The number of fused-ring (bicyclic) bond motifs is 2. The van der Waals surface area contributed by atoms with Crippen molar-refractivity contribution >= 4 is 46.8 Å². The van der Waals surface area contributed by atoms with Gasteiger partial charge in [0.1, 0.15) is 11.4 Å². The van der Waals surface area contributed by atoms with Gasteiger partial charge in [0, 0.05) is 48.7 Å². The highest BCUT2D eigenvalue weighted by molar-refractivity contribution is 6.31. The Hall–Kier alpha value is -5.66.